The van der Waals surface area contributed by atoms with Crippen molar-refractivity contribution in [2.45, 2.75) is 38.2 Å². The van der Waals surface area contributed by atoms with Gasteiger partial charge in [0.15, 0.2) is 0 Å². The predicted octanol–water partition coefficient (Wildman–Crippen LogP) is 8.74. The molecule has 0 spiro atoms. The van der Waals surface area contributed by atoms with Crippen LogP contribution in [0, 0.1) is 6.92 Å². The number of aryl methyl sites for hydroxylation is 1. The van der Waals surface area contributed by atoms with Crippen molar-refractivity contribution in [3.8, 4) is 5.75 Å². The summed E-state index contributed by atoms with van der Waals surface area (Å²) in [5.74, 6) is -0.556. The molecule has 13 heteroatoms. The van der Waals surface area contributed by atoms with E-state index in [1.54, 1.807) is 24.3 Å². The van der Waals surface area contributed by atoms with Gasteiger partial charge in [-0.1, -0.05) is 90.5 Å². The van der Waals surface area contributed by atoms with Crippen LogP contribution in [0.1, 0.15) is 40.2 Å². The molecule has 4 aromatic rings. The first-order valence-corrected chi connectivity index (χ1v) is 15.6. The molecule has 0 heterocycles. The maximum absolute atomic E-state index is 13.6. The first kappa shape index (κ1) is 39.8. The number of nitrogens with zero attached hydrogens (tertiary/aromatic N) is 1. The summed E-state index contributed by atoms with van der Waals surface area (Å²) in [4.78, 5) is 2.08. The van der Waals surface area contributed by atoms with Crippen LogP contribution in [-0.4, -0.2) is 47.5 Å². The molecule has 4 rings (SSSR count). The van der Waals surface area contributed by atoms with Crippen molar-refractivity contribution in [3.05, 3.63) is 130 Å². The molecular formula is C34H37ClF6N2O3S. The van der Waals surface area contributed by atoms with Crippen LogP contribution in [-0.2, 0) is 12.7 Å². The lowest BCUT2D eigenvalue weighted by molar-refractivity contribution is -0.137. The van der Waals surface area contributed by atoms with Crippen molar-refractivity contribution < 1.29 is 42.0 Å². The van der Waals surface area contributed by atoms with Crippen LogP contribution in [0.3, 0.4) is 0 Å². The van der Waals surface area contributed by atoms with Gasteiger partial charge in [0.25, 0.3) is 0 Å². The van der Waals surface area contributed by atoms with Crippen LogP contribution in [0.2, 0.25) is 5.02 Å². The molecule has 0 saturated heterocycles. The Balaban J connectivity index is 0.00000384. The van der Waals surface area contributed by atoms with E-state index in [-0.39, 0.29) is 35.0 Å². The number of hydrogen-bond acceptors (Lipinski definition) is 4. The lowest BCUT2D eigenvalue weighted by Gasteiger charge is -2.29. The van der Waals surface area contributed by atoms with E-state index in [1.807, 2.05) is 67.6 Å². The quantitative estimate of drug-likeness (QED) is 0.0809. The maximum atomic E-state index is 13.6. The number of benzene rings is 4. The van der Waals surface area contributed by atoms with E-state index in [0.717, 1.165) is 22.8 Å². The molecule has 5 N–H and O–H groups in total. The van der Waals surface area contributed by atoms with Gasteiger partial charge in [0, 0.05) is 37.3 Å². The molecule has 0 radical (unpaired) electrons. The Hall–Kier alpha value is -3.42. The van der Waals surface area contributed by atoms with E-state index in [0.29, 0.717) is 48.5 Å². The highest BCUT2D eigenvalue weighted by atomic mass is 35.5. The molecule has 5 nitrogen and oxygen atoms in total. The molecule has 47 heavy (non-hydrogen) atoms. The molecule has 0 atom stereocenters. The number of ether oxygens (including phenoxy) is 1. The average Bonchev–Trinajstić information content (AvgIpc) is 2.99. The highest BCUT2D eigenvalue weighted by Crippen LogP contribution is 2.37. The minimum Gasteiger partial charge on any atom is -0.493 e. The Labute approximate surface area is 279 Å². The number of anilines is 1. The van der Waals surface area contributed by atoms with Crippen LogP contribution >= 0.6 is 23.5 Å². The van der Waals surface area contributed by atoms with Crippen LogP contribution in [0.5, 0.6) is 5.75 Å². The third-order valence-electron chi connectivity index (χ3n) is 7.11. The fraction of sp³-hybridized carbons (Fsp3) is 0.294. The maximum Gasteiger partial charge on any atom is 0.417 e. The number of rotatable bonds is 14. The van der Waals surface area contributed by atoms with E-state index in [1.165, 1.54) is 6.07 Å². The lowest BCUT2D eigenvalue weighted by atomic mass is 9.90. The highest BCUT2D eigenvalue weighted by Gasteiger charge is 2.34. The predicted molar refractivity (Wildman–Crippen MR) is 177 cm³/mol. The zero-order chi connectivity index (χ0) is 32.5. The molecule has 0 fully saturated rings. The Morgan fingerprint density at radius 2 is 1.45 bits per heavy atom. The van der Waals surface area contributed by atoms with E-state index >= 15 is 0 Å². The second kappa shape index (κ2) is 18.2. The summed E-state index contributed by atoms with van der Waals surface area (Å²) in [5.41, 5.74) is 2.96. The molecule has 0 amide bonds. The summed E-state index contributed by atoms with van der Waals surface area (Å²) in [6.45, 7) is 3.31. The molecule has 0 aliphatic rings. The molecule has 0 saturated carbocycles. The van der Waals surface area contributed by atoms with Gasteiger partial charge < -0.3 is 20.4 Å². The van der Waals surface area contributed by atoms with Gasteiger partial charge >= 0.3 is 12.4 Å². The molecule has 256 valence electrons. The van der Waals surface area contributed by atoms with Gasteiger partial charge in [0.2, 0.25) is 0 Å². The first-order valence-electron chi connectivity index (χ1n) is 14.3. The molecule has 0 aliphatic heterocycles. The standard InChI is InChI=1S/C34H33ClF6N2OS.2H2O/c1-24-16-17-28(42-45-23-33(36,37)38)20-31(24)44-19-9-18-43(21-27-14-8-15-30(32(27)35)34(39,40)41)22-29(25-10-4-2-5-11-25)26-12-6-3-7-13-26;;/h2-8,10-17,20,29,42H,9,18-19,21-23H2,1H3;2*1H2. The topological polar surface area (TPSA) is 87.5 Å². The fourth-order valence-electron chi connectivity index (χ4n) is 4.92. The first-order chi connectivity index (χ1) is 21.4. The SMILES string of the molecule is Cc1ccc(NSCC(F)(F)F)cc1OCCCN(Cc1cccc(C(F)(F)F)c1Cl)CC(c1ccccc1)c1ccccc1.O.O. The fourth-order valence-corrected chi connectivity index (χ4v) is 5.74. The van der Waals surface area contributed by atoms with Crippen molar-refractivity contribution >= 4 is 29.2 Å². The molecule has 4 aromatic carbocycles. The summed E-state index contributed by atoms with van der Waals surface area (Å²) in [6, 6.07) is 28.9. The normalized spacial score (nSPS) is 11.6. The van der Waals surface area contributed by atoms with E-state index < -0.39 is 23.7 Å². The van der Waals surface area contributed by atoms with Gasteiger partial charge in [0.1, 0.15) is 11.5 Å². The van der Waals surface area contributed by atoms with Gasteiger partial charge in [-0.2, -0.15) is 26.3 Å². The third kappa shape index (κ3) is 12.3. The van der Waals surface area contributed by atoms with Gasteiger partial charge in [0.05, 0.1) is 17.2 Å². The zero-order valence-electron chi connectivity index (χ0n) is 25.5. The van der Waals surface area contributed by atoms with E-state index in [4.69, 9.17) is 16.3 Å². The Bertz CT molecular complexity index is 1470. The van der Waals surface area contributed by atoms with Gasteiger partial charge in [-0.3, -0.25) is 4.90 Å². The Kier molecular flexibility index (Phi) is 15.4. The molecule has 0 aliphatic carbocycles. The highest BCUT2D eigenvalue weighted by molar-refractivity contribution is 8.00. The van der Waals surface area contributed by atoms with Crippen LogP contribution in [0.15, 0.2) is 97.1 Å². The summed E-state index contributed by atoms with van der Waals surface area (Å²) in [7, 11) is 0. The summed E-state index contributed by atoms with van der Waals surface area (Å²) >= 11 is 6.85. The van der Waals surface area contributed by atoms with Gasteiger partial charge in [-0.25, -0.2) is 0 Å². The van der Waals surface area contributed by atoms with Gasteiger partial charge in [-0.15, -0.1) is 0 Å². The summed E-state index contributed by atoms with van der Waals surface area (Å²) in [6.07, 6.45) is -8.33. The minimum absolute atomic E-state index is 0. The molecular weight excluding hydrogens is 666 g/mol. The second-order valence-corrected chi connectivity index (χ2v) is 11.7. The zero-order valence-corrected chi connectivity index (χ0v) is 27.0. The largest absolute Gasteiger partial charge is 0.493 e. The van der Waals surface area contributed by atoms with E-state index in [9.17, 15) is 26.3 Å². The van der Waals surface area contributed by atoms with Crippen molar-refractivity contribution in [2.24, 2.45) is 0 Å². The Morgan fingerprint density at radius 1 is 0.830 bits per heavy atom. The van der Waals surface area contributed by atoms with Crippen molar-refractivity contribution in [3.63, 3.8) is 0 Å². The molecule has 0 aromatic heterocycles. The third-order valence-corrected chi connectivity index (χ3v) is 8.41. The average molecular weight is 703 g/mol. The summed E-state index contributed by atoms with van der Waals surface area (Å²) in [5, 5.41) is -0.314. The number of alkyl halides is 6. The minimum atomic E-state index is -4.57. The van der Waals surface area contributed by atoms with Gasteiger partial charge in [-0.05, 0) is 59.7 Å². The van der Waals surface area contributed by atoms with Crippen molar-refractivity contribution in [1.29, 1.82) is 0 Å². The number of nitrogens with one attached hydrogen (secondary N) is 1. The lowest BCUT2D eigenvalue weighted by Crippen LogP contribution is -2.31. The summed E-state index contributed by atoms with van der Waals surface area (Å²) < 4.78 is 87.2. The number of hydrogen-bond donors (Lipinski definition) is 1. The van der Waals surface area contributed by atoms with E-state index in [2.05, 4.69) is 9.62 Å². The van der Waals surface area contributed by atoms with Crippen LogP contribution < -0.4 is 9.46 Å². The monoisotopic (exact) mass is 702 g/mol. The number of halogens is 7. The smallest absolute Gasteiger partial charge is 0.417 e. The molecule has 0 bridgehead atoms. The van der Waals surface area contributed by atoms with Crippen molar-refractivity contribution in [1.82, 2.24) is 4.90 Å². The molecule has 0 unspecified atom stereocenters. The Morgan fingerprint density at radius 3 is 2.02 bits per heavy atom. The second-order valence-electron chi connectivity index (χ2n) is 10.6. The van der Waals surface area contributed by atoms with Crippen LogP contribution in [0.25, 0.3) is 0 Å². The van der Waals surface area contributed by atoms with Crippen LogP contribution in [0.4, 0.5) is 32.0 Å². The van der Waals surface area contributed by atoms with Crippen molar-refractivity contribution in [2.75, 3.05) is 30.2 Å².